The van der Waals surface area contributed by atoms with Gasteiger partial charge in [0.05, 0.1) is 5.75 Å². The monoisotopic (exact) mass is 348 g/mol. The standard InChI is InChI=1S/C19H28N2O2S/c1-24(22,23)10-9-21-12-16-7-8-19(21)18-14-20(13-17(16)18)11-15-5-3-2-4-6-15/h2-6,16-19H,7-14H2,1H3. The van der Waals surface area contributed by atoms with E-state index < -0.39 is 9.84 Å². The molecule has 0 spiro atoms. The third-order valence-electron chi connectivity index (χ3n) is 6.36. The summed E-state index contributed by atoms with van der Waals surface area (Å²) in [6, 6.07) is 11.4. The van der Waals surface area contributed by atoms with Crippen molar-refractivity contribution in [3.05, 3.63) is 35.9 Å². The lowest BCUT2D eigenvalue weighted by Crippen LogP contribution is -2.57. The first-order valence-electron chi connectivity index (χ1n) is 9.18. The van der Waals surface area contributed by atoms with Gasteiger partial charge in [-0.1, -0.05) is 30.3 Å². The first kappa shape index (κ1) is 16.6. The molecular weight excluding hydrogens is 320 g/mol. The maximum atomic E-state index is 11.5. The fourth-order valence-corrected chi connectivity index (χ4v) is 5.85. The molecule has 3 saturated heterocycles. The van der Waals surface area contributed by atoms with Gasteiger partial charge in [-0.2, -0.15) is 0 Å². The summed E-state index contributed by atoms with van der Waals surface area (Å²) in [6.45, 7) is 5.29. The van der Waals surface area contributed by atoms with E-state index in [4.69, 9.17) is 0 Å². The molecule has 5 rings (SSSR count). The van der Waals surface area contributed by atoms with Gasteiger partial charge in [0.25, 0.3) is 0 Å². The van der Waals surface area contributed by atoms with Crippen LogP contribution in [-0.2, 0) is 16.4 Å². The van der Waals surface area contributed by atoms with Crippen molar-refractivity contribution in [2.75, 3.05) is 38.2 Å². The highest BCUT2D eigenvalue weighted by Gasteiger charge is 2.51. The summed E-state index contributed by atoms with van der Waals surface area (Å²) in [6.07, 6.45) is 3.95. The zero-order valence-electron chi connectivity index (χ0n) is 14.5. The van der Waals surface area contributed by atoms with E-state index in [1.54, 1.807) is 0 Å². The maximum Gasteiger partial charge on any atom is 0.148 e. The number of benzene rings is 1. The van der Waals surface area contributed by atoms with Crippen molar-refractivity contribution in [2.24, 2.45) is 17.8 Å². The van der Waals surface area contributed by atoms with E-state index in [-0.39, 0.29) is 0 Å². The van der Waals surface area contributed by atoms with Crippen LogP contribution in [0, 0.1) is 17.8 Å². The Balaban J connectivity index is 1.42. The quantitative estimate of drug-likeness (QED) is 0.815. The average molecular weight is 349 g/mol. The van der Waals surface area contributed by atoms with Crippen LogP contribution >= 0.6 is 0 Å². The fraction of sp³-hybridized carbons (Fsp3) is 0.684. The number of piperidine rings is 2. The van der Waals surface area contributed by atoms with E-state index in [1.165, 1.54) is 37.8 Å². The molecule has 4 aliphatic rings. The van der Waals surface area contributed by atoms with Crippen LogP contribution in [0.25, 0.3) is 0 Å². The molecule has 5 heteroatoms. The second-order valence-electron chi connectivity index (χ2n) is 8.04. The summed E-state index contributed by atoms with van der Waals surface area (Å²) >= 11 is 0. The van der Waals surface area contributed by atoms with Crippen LogP contribution in [0.4, 0.5) is 0 Å². The minimum Gasteiger partial charge on any atom is -0.299 e. The van der Waals surface area contributed by atoms with Crippen molar-refractivity contribution in [3.8, 4) is 0 Å². The van der Waals surface area contributed by atoms with Crippen molar-refractivity contribution in [1.29, 1.82) is 0 Å². The number of rotatable bonds is 5. The highest BCUT2D eigenvalue weighted by atomic mass is 32.2. The van der Waals surface area contributed by atoms with Crippen LogP contribution in [0.3, 0.4) is 0 Å². The summed E-state index contributed by atoms with van der Waals surface area (Å²) in [7, 11) is -2.87. The summed E-state index contributed by atoms with van der Waals surface area (Å²) in [5.41, 5.74) is 1.40. The molecule has 4 nitrogen and oxygen atoms in total. The predicted octanol–water partition coefficient (Wildman–Crippen LogP) is 1.87. The Bertz CT molecular complexity index is 676. The van der Waals surface area contributed by atoms with Crippen molar-refractivity contribution >= 4 is 9.84 Å². The van der Waals surface area contributed by atoms with Crippen LogP contribution in [-0.4, -0.2) is 62.4 Å². The van der Waals surface area contributed by atoms with Crippen LogP contribution in [0.1, 0.15) is 18.4 Å². The number of hydrogen-bond donors (Lipinski definition) is 0. The summed E-state index contributed by atoms with van der Waals surface area (Å²) in [5.74, 6) is 2.63. The Morgan fingerprint density at radius 2 is 1.79 bits per heavy atom. The van der Waals surface area contributed by atoms with E-state index in [0.29, 0.717) is 11.8 Å². The Labute approximate surface area is 145 Å². The number of hydrogen-bond acceptors (Lipinski definition) is 4. The van der Waals surface area contributed by atoms with Gasteiger partial charge in [-0.25, -0.2) is 8.42 Å². The highest BCUT2D eigenvalue weighted by molar-refractivity contribution is 7.90. The third kappa shape index (κ3) is 3.39. The molecule has 0 radical (unpaired) electrons. The summed E-state index contributed by atoms with van der Waals surface area (Å²) in [5, 5.41) is 0. The van der Waals surface area contributed by atoms with Gasteiger partial charge in [0, 0.05) is 45.0 Å². The molecule has 3 aliphatic heterocycles. The minimum atomic E-state index is -2.87. The number of nitrogens with zero attached hydrogens (tertiary/aromatic N) is 2. The molecule has 0 N–H and O–H groups in total. The molecule has 0 amide bonds. The van der Waals surface area contributed by atoms with Crippen LogP contribution < -0.4 is 0 Å². The maximum absolute atomic E-state index is 11.5. The largest absolute Gasteiger partial charge is 0.299 e. The van der Waals surface area contributed by atoms with Crippen LogP contribution in [0.5, 0.6) is 0 Å². The van der Waals surface area contributed by atoms with Crippen molar-refractivity contribution < 1.29 is 8.42 Å². The van der Waals surface area contributed by atoms with Gasteiger partial charge in [-0.3, -0.25) is 9.80 Å². The SMILES string of the molecule is CS(=O)(=O)CCN1CC2CCC1C1CN(Cc3ccccc3)CC21. The molecule has 1 aromatic carbocycles. The highest BCUT2D eigenvalue weighted by Crippen LogP contribution is 2.47. The first-order valence-corrected chi connectivity index (χ1v) is 11.2. The van der Waals surface area contributed by atoms with E-state index >= 15 is 0 Å². The van der Waals surface area contributed by atoms with Gasteiger partial charge in [0.1, 0.15) is 9.84 Å². The molecule has 1 aromatic rings. The second-order valence-corrected chi connectivity index (χ2v) is 10.3. The van der Waals surface area contributed by atoms with Gasteiger partial charge in [-0.05, 0) is 36.2 Å². The van der Waals surface area contributed by atoms with Gasteiger partial charge in [-0.15, -0.1) is 0 Å². The van der Waals surface area contributed by atoms with Crippen molar-refractivity contribution in [1.82, 2.24) is 9.80 Å². The Kier molecular flexibility index (Phi) is 4.43. The van der Waals surface area contributed by atoms with Gasteiger partial charge in [0.2, 0.25) is 0 Å². The zero-order valence-corrected chi connectivity index (χ0v) is 15.3. The lowest BCUT2D eigenvalue weighted by molar-refractivity contribution is -0.0216. The van der Waals surface area contributed by atoms with E-state index in [0.717, 1.165) is 37.4 Å². The predicted molar refractivity (Wildman–Crippen MR) is 96.5 cm³/mol. The Morgan fingerprint density at radius 3 is 2.54 bits per heavy atom. The Hall–Kier alpha value is -0.910. The van der Waals surface area contributed by atoms with E-state index in [1.807, 2.05) is 0 Å². The molecule has 4 unspecified atom stereocenters. The zero-order chi connectivity index (χ0) is 16.7. The molecule has 3 heterocycles. The first-order chi connectivity index (χ1) is 11.5. The normalized spacial score (nSPS) is 33.7. The smallest absolute Gasteiger partial charge is 0.148 e. The van der Waals surface area contributed by atoms with Crippen LogP contribution in [0.15, 0.2) is 30.3 Å². The molecule has 24 heavy (non-hydrogen) atoms. The summed E-state index contributed by atoms with van der Waals surface area (Å²) < 4.78 is 23.1. The number of sulfone groups is 1. The van der Waals surface area contributed by atoms with E-state index in [9.17, 15) is 8.42 Å². The van der Waals surface area contributed by atoms with E-state index in [2.05, 4.69) is 40.1 Å². The van der Waals surface area contributed by atoms with Crippen molar-refractivity contribution in [3.63, 3.8) is 0 Å². The van der Waals surface area contributed by atoms with Gasteiger partial charge >= 0.3 is 0 Å². The van der Waals surface area contributed by atoms with Gasteiger partial charge in [0.15, 0.2) is 0 Å². The van der Waals surface area contributed by atoms with Crippen LogP contribution in [0.2, 0.25) is 0 Å². The third-order valence-corrected chi connectivity index (χ3v) is 7.28. The minimum absolute atomic E-state index is 0.307. The molecule has 1 aliphatic carbocycles. The molecular formula is C19H28N2O2S. The molecule has 1 saturated carbocycles. The lowest BCUT2D eigenvalue weighted by atomic mass is 9.67. The topological polar surface area (TPSA) is 40.6 Å². The molecule has 0 aromatic heterocycles. The molecule has 4 atom stereocenters. The summed E-state index contributed by atoms with van der Waals surface area (Å²) in [4.78, 5) is 5.11. The molecule has 4 fully saturated rings. The fourth-order valence-electron chi connectivity index (χ4n) is 5.29. The number of fused-ring (bicyclic) bond motifs is 2. The van der Waals surface area contributed by atoms with Gasteiger partial charge < -0.3 is 0 Å². The lowest BCUT2D eigenvalue weighted by Gasteiger charge is -2.52. The van der Waals surface area contributed by atoms with Crippen molar-refractivity contribution in [2.45, 2.75) is 25.4 Å². The molecule has 132 valence electrons. The second kappa shape index (κ2) is 6.43. The molecule has 2 bridgehead atoms. The average Bonchev–Trinajstić information content (AvgIpc) is 2.99. The Morgan fingerprint density at radius 1 is 1.04 bits per heavy atom. The number of likely N-dealkylation sites (tertiary alicyclic amines) is 1.